The van der Waals surface area contributed by atoms with Gasteiger partial charge in [-0.05, 0) is 20.8 Å². The van der Waals surface area contributed by atoms with Gasteiger partial charge in [0.15, 0.2) is 0 Å². The molecule has 2 heteroatoms. The molecule has 44 valence electrons. The van der Waals surface area contributed by atoms with Gasteiger partial charge in [0.25, 0.3) is 0 Å². The van der Waals surface area contributed by atoms with Crippen molar-refractivity contribution < 1.29 is 4.74 Å². The Morgan fingerprint density at radius 1 is 1.57 bits per heavy atom. The van der Waals surface area contributed by atoms with Crippen LogP contribution in [0.25, 0.3) is 0 Å². The summed E-state index contributed by atoms with van der Waals surface area (Å²) in [5.74, 6) is 0. The Morgan fingerprint density at radius 3 is 2.00 bits per heavy atom. The standard InChI is InChI=1S/C5H13OP/c1-4-6-5(2,3)7/h4,7H2,1-3H3. The molecule has 0 aliphatic heterocycles. The number of rotatable bonds is 2. The lowest BCUT2D eigenvalue weighted by Crippen LogP contribution is -2.13. The molecule has 0 aromatic carbocycles. The van der Waals surface area contributed by atoms with Crippen molar-refractivity contribution in [3.05, 3.63) is 0 Å². The van der Waals surface area contributed by atoms with Crippen LogP contribution in [0, 0.1) is 0 Å². The molecule has 0 saturated carbocycles. The van der Waals surface area contributed by atoms with Crippen molar-refractivity contribution in [2.24, 2.45) is 0 Å². The van der Waals surface area contributed by atoms with Crippen LogP contribution >= 0.6 is 9.24 Å². The van der Waals surface area contributed by atoms with Gasteiger partial charge >= 0.3 is 0 Å². The summed E-state index contributed by atoms with van der Waals surface area (Å²) in [4.78, 5) is 0. The Morgan fingerprint density at radius 2 is 2.00 bits per heavy atom. The summed E-state index contributed by atoms with van der Waals surface area (Å²) in [5, 5.41) is -0.0330. The fourth-order valence-corrected chi connectivity index (χ4v) is 0.539. The van der Waals surface area contributed by atoms with E-state index in [-0.39, 0.29) is 5.34 Å². The minimum atomic E-state index is -0.0330. The lowest BCUT2D eigenvalue weighted by Gasteiger charge is -2.16. The van der Waals surface area contributed by atoms with Crippen LogP contribution in [0.2, 0.25) is 0 Å². The van der Waals surface area contributed by atoms with Gasteiger partial charge in [0.1, 0.15) is 0 Å². The van der Waals surface area contributed by atoms with Crippen LogP contribution in [0.4, 0.5) is 0 Å². The summed E-state index contributed by atoms with van der Waals surface area (Å²) in [6.07, 6.45) is 0. The Labute approximate surface area is 47.6 Å². The van der Waals surface area contributed by atoms with Gasteiger partial charge in [-0.1, -0.05) is 0 Å². The van der Waals surface area contributed by atoms with E-state index in [0.717, 1.165) is 6.61 Å². The topological polar surface area (TPSA) is 9.23 Å². The van der Waals surface area contributed by atoms with Crippen LogP contribution in [0.1, 0.15) is 20.8 Å². The SMILES string of the molecule is CCOC(C)(C)P. The third-order valence-electron chi connectivity index (χ3n) is 0.516. The predicted octanol–water partition coefficient (Wildman–Crippen LogP) is 1.63. The van der Waals surface area contributed by atoms with Gasteiger partial charge < -0.3 is 4.74 Å². The average molecular weight is 120 g/mol. The lowest BCUT2D eigenvalue weighted by atomic mass is 10.5. The minimum Gasteiger partial charge on any atom is -0.372 e. The summed E-state index contributed by atoms with van der Waals surface area (Å²) in [6, 6.07) is 0. The summed E-state index contributed by atoms with van der Waals surface area (Å²) < 4.78 is 5.19. The van der Waals surface area contributed by atoms with Crippen LogP contribution in [0.5, 0.6) is 0 Å². The molecule has 0 heterocycles. The molecule has 0 saturated heterocycles. The van der Waals surface area contributed by atoms with Crippen molar-refractivity contribution in [1.29, 1.82) is 0 Å². The zero-order valence-electron chi connectivity index (χ0n) is 5.19. The molecule has 0 aromatic rings. The third-order valence-corrected chi connectivity index (χ3v) is 0.683. The number of hydrogen-bond donors (Lipinski definition) is 0. The quantitative estimate of drug-likeness (QED) is 0.503. The van der Waals surface area contributed by atoms with Gasteiger partial charge in [-0.3, -0.25) is 0 Å². The first-order valence-corrected chi connectivity index (χ1v) is 3.07. The molecule has 0 aliphatic carbocycles. The summed E-state index contributed by atoms with van der Waals surface area (Å²) in [6.45, 7) is 6.81. The second kappa shape index (κ2) is 2.64. The van der Waals surface area contributed by atoms with Crippen LogP contribution in [-0.2, 0) is 4.74 Å². The summed E-state index contributed by atoms with van der Waals surface area (Å²) in [5.41, 5.74) is 0. The van der Waals surface area contributed by atoms with E-state index in [0.29, 0.717) is 0 Å². The molecule has 0 spiro atoms. The van der Waals surface area contributed by atoms with Crippen LogP contribution in [-0.4, -0.2) is 11.9 Å². The highest BCUT2D eigenvalue weighted by molar-refractivity contribution is 7.18. The first kappa shape index (κ1) is 7.39. The van der Waals surface area contributed by atoms with Gasteiger partial charge in [-0.2, -0.15) is 0 Å². The van der Waals surface area contributed by atoms with E-state index in [1.165, 1.54) is 0 Å². The van der Waals surface area contributed by atoms with Crippen LogP contribution in [0.3, 0.4) is 0 Å². The van der Waals surface area contributed by atoms with Crippen LogP contribution in [0.15, 0.2) is 0 Å². The van der Waals surface area contributed by atoms with Gasteiger partial charge in [0, 0.05) is 6.61 Å². The van der Waals surface area contributed by atoms with Crippen molar-refractivity contribution in [3.8, 4) is 0 Å². The first-order chi connectivity index (χ1) is 3.06. The molecule has 0 bridgehead atoms. The van der Waals surface area contributed by atoms with Crippen molar-refractivity contribution in [2.45, 2.75) is 26.1 Å². The van der Waals surface area contributed by atoms with Crippen molar-refractivity contribution in [2.75, 3.05) is 6.61 Å². The van der Waals surface area contributed by atoms with E-state index in [9.17, 15) is 0 Å². The molecule has 1 atom stereocenters. The van der Waals surface area contributed by atoms with E-state index in [1.807, 2.05) is 20.8 Å². The average Bonchev–Trinajstić information content (AvgIpc) is 1.30. The van der Waals surface area contributed by atoms with E-state index < -0.39 is 0 Å². The zero-order valence-corrected chi connectivity index (χ0v) is 6.35. The van der Waals surface area contributed by atoms with Gasteiger partial charge in [-0.25, -0.2) is 0 Å². The molecule has 0 radical (unpaired) electrons. The zero-order chi connectivity index (χ0) is 5.91. The van der Waals surface area contributed by atoms with E-state index >= 15 is 0 Å². The normalized spacial score (nSPS) is 12.0. The van der Waals surface area contributed by atoms with E-state index in [2.05, 4.69) is 9.24 Å². The number of ether oxygens (including phenoxy) is 1. The predicted molar refractivity (Wildman–Crippen MR) is 35.4 cm³/mol. The Bertz CT molecular complexity index is 46.5. The largest absolute Gasteiger partial charge is 0.372 e. The fourth-order valence-electron chi connectivity index (χ4n) is 0.372. The summed E-state index contributed by atoms with van der Waals surface area (Å²) >= 11 is 0. The Hall–Kier alpha value is 0.390. The molecule has 7 heavy (non-hydrogen) atoms. The highest BCUT2D eigenvalue weighted by atomic mass is 31.0. The first-order valence-electron chi connectivity index (χ1n) is 2.49. The van der Waals surface area contributed by atoms with E-state index in [1.54, 1.807) is 0 Å². The fraction of sp³-hybridized carbons (Fsp3) is 1.00. The van der Waals surface area contributed by atoms with Gasteiger partial charge in [0.05, 0.1) is 5.34 Å². The Balaban J connectivity index is 3.15. The maximum absolute atomic E-state index is 5.19. The molecule has 0 aromatic heterocycles. The number of hydrogen-bond acceptors (Lipinski definition) is 1. The van der Waals surface area contributed by atoms with Gasteiger partial charge in [0.2, 0.25) is 0 Å². The minimum absolute atomic E-state index is 0.0330. The van der Waals surface area contributed by atoms with Gasteiger partial charge in [-0.15, -0.1) is 9.24 Å². The molecule has 1 nitrogen and oxygen atoms in total. The third kappa shape index (κ3) is 6.39. The van der Waals surface area contributed by atoms with Crippen molar-refractivity contribution >= 4 is 9.24 Å². The maximum atomic E-state index is 5.19. The molecule has 1 unspecified atom stereocenters. The summed E-state index contributed by atoms with van der Waals surface area (Å²) in [7, 11) is 2.61. The van der Waals surface area contributed by atoms with Crippen LogP contribution < -0.4 is 0 Å². The molecule has 0 amide bonds. The molecule has 0 N–H and O–H groups in total. The second-order valence-corrected chi connectivity index (χ2v) is 3.43. The molecule has 0 fully saturated rings. The monoisotopic (exact) mass is 120 g/mol. The Kier molecular flexibility index (Phi) is 2.78. The molecular weight excluding hydrogens is 107 g/mol. The van der Waals surface area contributed by atoms with E-state index in [4.69, 9.17) is 4.74 Å². The molecular formula is C5H13OP. The second-order valence-electron chi connectivity index (χ2n) is 2.04. The maximum Gasteiger partial charge on any atom is 0.0757 e. The molecule has 0 rings (SSSR count). The highest BCUT2D eigenvalue weighted by Crippen LogP contribution is 2.16. The highest BCUT2D eigenvalue weighted by Gasteiger charge is 2.06. The smallest absolute Gasteiger partial charge is 0.0757 e. The van der Waals surface area contributed by atoms with Crippen molar-refractivity contribution in [1.82, 2.24) is 0 Å². The lowest BCUT2D eigenvalue weighted by molar-refractivity contribution is 0.0617. The van der Waals surface area contributed by atoms with Crippen molar-refractivity contribution in [3.63, 3.8) is 0 Å². The molecule has 0 aliphatic rings.